The Labute approximate surface area is 123 Å². The predicted octanol–water partition coefficient (Wildman–Crippen LogP) is 2.44. The van der Waals surface area contributed by atoms with Crippen LogP contribution in [0.2, 0.25) is 0 Å². The van der Waals surface area contributed by atoms with Crippen LogP contribution in [0, 0.1) is 0 Å². The van der Waals surface area contributed by atoms with E-state index < -0.39 is 0 Å². The van der Waals surface area contributed by atoms with Crippen LogP contribution < -0.4 is 14.8 Å². The van der Waals surface area contributed by atoms with Crippen LogP contribution in [-0.2, 0) is 13.1 Å². The molecule has 0 aliphatic carbocycles. The largest absolute Gasteiger partial charge is 0.493 e. The van der Waals surface area contributed by atoms with E-state index in [4.69, 9.17) is 9.47 Å². The summed E-state index contributed by atoms with van der Waals surface area (Å²) in [5.41, 5.74) is 2.33. The molecule has 0 aliphatic rings. The summed E-state index contributed by atoms with van der Waals surface area (Å²) in [5.74, 6) is 1.51. The molecule has 0 spiro atoms. The fourth-order valence-corrected chi connectivity index (χ4v) is 2.56. The van der Waals surface area contributed by atoms with Crippen LogP contribution in [0.3, 0.4) is 0 Å². The van der Waals surface area contributed by atoms with Gasteiger partial charge in [0, 0.05) is 29.7 Å². The summed E-state index contributed by atoms with van der Waals surface area (Å²) in [4.78, 5) is 1.18. The van der Waals surface area contributed by atoms with Gasteiger partial charge in [-0.1, -0.05) is 0 Å². The molecule has 0 bridgehead atoms. The first-order valence-electron chi connectivity index (χ1n) is 6.25. The minimum atomic E-state index is 0.755. The Morgan fingerprint density at radius 2 is 1.95 bits per heavy atom. The third kappa shape index (κ3) is 3.46. The van der Waals surface area contributed by atoms with E-state index >= 15 is 0 Å². The minimum Gasteiger partial charge on any atom is -0.493 e. The van der Waals surface area contributed by atoms with Gasteiger partial charge in [-0.15, -0.1) is 11.8 Å². The van der Waals surface area contributed by atoms with Crippen LogP contribution >= 0.6 is 11.8 Å². The summed E-state index contributed by atoms with van der Waals surface area (Å²) in [6, 6.07) is 4.03. The van der Waals surface area contributed by atoms with Gasteiger partial charge in [0.05, 0.1) is 20.4 Å². The molecule has 0 saturated heterocycles. The van der Waals surface area contributed by atoms with E-state index in [-0.39, 0.29) is 0 Å². The Morgan fingerprint density at radius 1 is 1.20 bits per heavy atom. The molecule has 1 aromatic carbocycles. The molecule has 2 rings (SSSR count). The molecule has 5 nitrogen and oxygen atoms in total. The topological polar surface area (TPSA) is 59.2 Å². The molecular formula is C14H19N3O2S. The van der Waals surface area contributed by atoms with Gasteiger partial charge in [-0.05, 0) is 24.0 Å². The summed E-state index contributed by atoms with van der Waals surface area (Å²) >= 11 is 1.70. The zero-order valence-electron chi connectivity index (χ0n) is 11.9. The van der Waals surface area contributed by atoms with Gasteiger partial charge in [-0.2, -0.15) is 5.10 Å². The van der Waals surface area contributed by atoms with Gasteiger partial charge in [0.25, 0.3) is 0 Å². The van der Waals surface area contributed by atoms with Crippen LogP contribution in [0.5, 0.6) is 11.5 Å². The fraction of sp³-hybridized carbons (Fsp3) is 0.357. The van der Waals surface area contributed by atoms with E-state index in [1.807, 2.05) is 24.5 Å². The highest BCUT2D eigenvalue weighted by atomic mass is 32.2. The number of rotatable bonds is 7. The van der Waals surface area contributed by atoms with Gasteiger partial charge in [-0.3, -0.25) is 5.10 Å². The summed E-state index contributed by atoms with van der Waals surface area (Å²) in [5, 5.41) is 10.1. The maximum Gasteiger partial charge on any atom is 0.161 e. The van der Waals surface area contributed by atoms with Crippen molar-refractivity contribution in [2.24, 2.45) is 0 Å². The van der Waals surface area contributed by atoms with Gasteiger partial charge in [0.2, 0.25) is 0 Å². The number of nitrogens with one attached hydrogen (secondary N) is 2. The smallest absolute Gasteiger partial charge is 0.161 e. The van der Waals surface area contributed by atoms with Crippen molar-refractivity contribution >= 4 is 11.8 Å². The number of hydrogen-bond donors (Lipinski definition) is 2. The first-order valence-corrected chi connectivity index (χ1v) is 7.48. The molecule has 108 valence electrons. The average molecular weight is 293 g/mol. The Bertz CT molecular complexity index is 544. The monoisotopic (exact) mass is 293 g/mol. The molecule has 20 heavy (non-hydrogen) atoms. The molecule has 0 aliphatic heterocycles. The van der Waals surface area contributed by atoms with Crippen molar-refractivity contribution in [2.45, 2.75) is 18.0 Å². The summed E-state index contributed by atoms with van der Waals surface area (Å²) in [6.07, 6.45) is 5.76. The molecule has 0 unspecified atom stereocenters. The quantitative estimate of drug-likeness (QED) is 0.768. The van der Waals surface area contributed by atoms with Crippen LogP contribution in [0.25, 0.3) is 0 Å². The number of aromatic nitrogens is 2. The van der Waals surface area contributed by atoms with E-state index in [1.54, 1.807) is 26.0 Å². The Hall–Kier alpha value is -1.66. The number of nitrogens with zero attached hydrogens (tertiary/aromatic N) is 1. The van der Waals surface area contributed by atoms with Crippen LogP contribution in [-0.4, -0.2) is 30.7 Å². The van der Waals surface area contributed by atoms with Gasteiger partial charge in [-0.25, -0.2) is 0 Å². The number of thioether (sulfide) groups is 1. The summed E-state index contributed by atoms with van der Waals surface area (Å²) < 4.78 is 10.7. The second-order valence-electron chi connectivity index (χ2n) is 4.23. The lowest BCUT2D eigenvalue weighted by Crippen LogP contribution is -2.13. The van der Waals surface area contributed by atoms with E-state index in [0.717, 1.165) is 30.2 Å². The molecule has 0 fully saturated rings. The molecule has 1 aromatic heterocycles. The molecule has 2 aromatic rings. The maximum atomic E-state index is 5.35. The second-order valence-corrected chi connectivity index (χ2v) is 5.08. The van der Waals surface area contributed by atoms with Crippen molar-refractivity contribution in [3.63, 3.8) is 0 Å². The molecule has 0 atom stereocenters. The molecule has 0 amide bonds. The highest BCUT2D eigenvalue weighted by Gasteiger charge is 2.10. The van der Waals surface area contributed by atoms with Crippen LogP contribution in [0.15, 0.2) is 29.4 Å². The lowest BCUT2D eigenvalue weighted by atomic mass is 10.2. The third-order valence-electron chi connectivity index (χ3n) is 2.99. The Morgan fingerprint density at radius 3 is 2.55 bits per heavy atom. The van der Waals surface area contributed by atoms with E-state index in [9.17, 15) is 0 Å². The highest BCUT2D eigenvalue weighted by Crippen LogP contribution is 2.34. The van der Waals surface area contributed by atoms with Crippen molar-refractivity contribution < 1.29 is 9.47 Å². The van der Waals surface area contributed by atoms with Gasteiger partial charge < -0.3 is 14.8 Å². The Balaban J connectivity index is 2.09. The van der Waals surface area contributed by atoms with Crippen molar-refractivity contribution in [3.8, 4) is 11.5 Å². The third-order valence-corrected chi connectivity index (χ3v) is 3.81. The number of ether oxygens (including phenoxy) is 2. The summed E-state index contributed by atoms with van der Waals surface area (Å²) in [6.45, 7) is 1.54. The molecule has 6 heteroatoms. The lowest BCUT2D eigenvalue weighted by molar-refractivity contribution is 0.353. The van der Waals surface area contributed by atoms with Crippen molar-refractivity contribution in [2.75, 3.05) is 20.5 Å². The second kappa shape index (κ2) is 7.21. The standard InChI is InChI=1S/C14H19N3O2S/c1-18-12-4-11(14(20-3)5-13(12)19-2)9-15-6-10-7-16-17-8-10/h4-5,7-8,15H,6,9H2,1-3H3,(H,16,17). The summed E-state index contributed by atoms with van der Waals surface area (Å²) in [7, 11) is 3.30. The number of H-pyrrole nitrogens is 1. The van der Waals surface area contributed by atoms with Crippen molar-refractivity contribution in [1.82, 2.24) is 15.5 Å². The van der Waals surface area contributed by atoms with Gasteiger partial charge in [0.1, 0.15) is 0 Å². The van der Waals surface area contributed by atoms with Crippen molar-refractivity contribution in [1.29, 1.82) is 0 Å². The Kier molecular flexibility index (Phi) is 5.31. The number of methoxy groups -OCH3 is 2. The van der Waals surface area contributed by atoms with E-state index in [2.05, 4.69) is 21.8 Å². The SMILES string of the molecule is COc1cc(CNCc2cn[nH]c2)c(SC)cc1OC. The zero-order chi connectivity index (χ0) is 14.4. The number of hydrogen-bond acceptors (Lipinski definition) is 5. The average Bonchev–Trinajstić information content (AvgIpc) is 2.99. The fourth-order valence-electron chi connectivity index (χ4n) is 1.95. The van der Waals surface area contributed by atoms with E-state index in [0.29, 0.717) is 0 Å². The number of aromatic amines is 1. The molecule has 1 heterocycles. The normalized spacial score (nSPS) is 10.6. The lowest BCUT2D eigenvalue weighted by Gasteiger charge is -2.14. The van der Waals surface area contributed by atoms with Gasteiger partial charge in [0.15, 0.2) is 11.5 Å². The van der Waals surface area contributed by atoms with Gasteiger partial charge >= 0.3 is 0 Å². The maximum absolute atomic E-state index is 5.35. The highest BCUT2D eigenvalue weighted by molar-refractivity contribution is 7.98. The predicted molar refractivity (Wildman–Crippen MR) is 80.5 cm³/mol. The van der Waals surface area contributed by atoms with Crippen molar-refractivity contribution in [3.05, 3.63) is 35.7 Å². The first-order chi connectivity index (χ1) is 9.78. The molecule has 2 N–H and O–H groups in total. The number of benzene rings is 1. The minimum absolute atomic E-state index is 0.755. The molecule has 0 radical (unpaired) electrons. The zero-order valence-corrected chi connectivity index (χ0v) is 12.7. The van der Waals surface area contributed by atoms with E-state index in [1.165, 1.54) is 10.5 Å². The van der Waals surface area contributed by atoms with Crippen LogP contribution in [0.1, 0.15) is 11.1 Å². The molecule has 0 saturated carbocycles. The molecular weight excluding hydrogens is 274 g/mol. The first kappa shape index (κ1) is 14.7. The van der Waals surface area contributed by atoms with Crippen LogP contribution in [0.4, 0.5) is 0 Å².